The Labute approximate surface area is 279 Å². The molecule has 0 atom stereocenters. The molecule has 4 rings (SSSR count). The number of ketones is 4. The Balaban J connectivity index is 1.61. The number of esters is 4. The van der Waals surface area contributed by atoms with Gasteiger partial charge < -0.3 is 18.9 Å². The molecule has 0 unspecified atom stereocenters. The van der Waals surface area contributed by atoms with E-state index in [9.17, 15) is 38.4 Å². The molecule has 0 radical (unpaired) electrons. The van der Waals surface area contributed by atoms with E-state index < -0.39 is 78.9 Å². The normalized spacial score (nSPS) is 10.6. The van der Waals surface area contributed by atoms with Crippen molar-refractivity contribution in [2.75, 3.05) is 26.4 Å². The molecule has 0 heterocycles. The number of carbonyl (C=O) groups excluding carboxylic acids is 8. The second kappa shape index (κ2) is 16.8. The van der Waals surface area contributed by atoms with Crippen molar-refractivity contribution in [1.82, 2.24) is 0 Å². The lowest BCUT2D eigenvalue weighted by atomic mass is 9.92. The van der Waals surface area contributed by atoms with E-state index in [1.54, 1.807) is 24.3 Å². The fraction of sp³-hybridized carbons (Fsp3) is 0.135. The third-order valence-corrected chi connectivity index (χ3v) is 6.92. The number of carbonyl (C=O) groups is 8. The lowest BCUT2D eigenvalue weighted by molar-refractivity contribution is -0.164. The Morgan fingerprint density at radius 3 is 0.694 bits per heavy atom. The van der Waals surface area contributed by atoms with Crippen molar-refractivity contribution in [2.45, 2.75) is 0 Å². The molecular weight excluding hydrogens is 636 g/mol. The second-order valence-corrected chi connectivity index (χ2v) is 10.6. The molecule has 0 fully saturated rings. The molecule has 12 nitrogen and oxygen atoms in total. The molecule has 0 saturated heterocycles. The van der Waals surface area contributed by atoms with E-state index in [1.807, 2.05) is 0 Å². The van der Waals surface area contributed by atoms with Crippen LogP contribution in [-0.4, -0.2) is 73.4 Å². The summed E-state index contributed by atoms with van der Waals surface area (Å²) in [6, 6.07) is 29.5. The van der Waals surface area contributed by atoms with Crippen LogP contribution in [0, 0.1) is 5.41 Å². The molecule has 0 saturated carbocycles. The van der Waals surface area contributed by atoms with E-state index in [0.29, 0.717) is 0 Å². The van der Waals surface area contributed by atoms with Gasteiger partial charge in [0, 0.05) is 22.3 Å². The first kappa shape index (κ1) is 35.3. The number of benzene rings is 4. The molecule has 12 heteroatoms. The van der Waals surface area contributed by atoms with Crippen LogP contribution >= 0.6 is 0 Å². The third-order valence-electron chi connectivity index (χ3n) is 6.92. The number of rotatable bonds is 16. The van der Waals surface area contributed by atoms with Crippen LogP contribution in [0.1, 0.15) is 41.4 Å². The molecule has 0 aliphatic rings. The molecule has 0 N–H and O–H groups in total. The number of ether oxygens (including phenoxy) is 4. The highest BCUT2D eigenvalue weighted by molar-refractivity contribution is 6.42. The van der Waals surface area contributed by atoms with Gasteiger partial charge in [0.1, 0.15) is 31.8 Å². The minimum absolute atomic E-state index is 0.0160. The van der Waals surface area contributed by atoms with Gasteiger partial charge in [-0.1, -0.05) is 121 Å². The molecule has 0 amide bonds. The first-order valence-corrected chi connectivity index (χ1v) is 14.7. The van der Waals surface area contributed by atoms with E-state index in [-0.39, 0.29) is 22.3 Å². The topological polar surface area (TPSA) is 173 Å². The molecule has 49 heavy (non-hydrogen) atoms. The van der Waals surface area contributed by atoms with Crippen molar-refractivity contribution in [3.63, 3.8) is 0 Å². The summed E-state index contributed by atoms with van der Waals surface area (Å²) in [7, 11) is 0. The molecule has 248 valence electrons. The predicted octanol–water partition coefficient (Wildman–Crippen LogP) is 3.68. The lowest BCUT2D eigenvalue weighted by Crippen LogP contribution is -2.45. The quantitative estimate of drug-likeness (QED) is 0.0737. The molecule has 4 aromatic rings. The van der Waals surface area contributed by atoms with Gasteiger partial charge >= 0.3 is 23.9 Å². The van der Waals surface area contributed by atoms with Gasteiger partial charge in [-0.05, 0) is 0 Å². The molecule has 4 aromatic carbocycles. The summed E-state index contributed by atoms with van der Waals surface area (Å²) in [5.41, 5.74) is -2.09. The largest absolute Gasteiger partial charge is 0.459 e. The van der Waals surface area contributed by atoms with Crippen LogP contribution < -0.4 is 0 Å². The lowest BCUT2D eigenvalue weighted by Gasteiger charge is -2.31. The van der Waals surface area contributed by atoms with Crippen molar-refractivity contribution < 1.29 is 57.3 Å². The van der Waals surface area contributed by atoms with E-state index in [2.05, 4.69) is 0 Å². The third kappa shape index (κ3) is 9.72. The predicted molar refractivity (Wildman–Crippen MR) is 169 cm³/mol. The van der Waals surface area contributed by atoms with Crippen LogP contribution in [0.5, 0.6) is 0 Å². The van der Waals surface area contributed by atoms with Gasteiger partial charge in [0.25, 0.3) is 23.1 Å². The minimum atomic E-state index is -2.03. The van der Waals surface area contributed by atoms with E-state index in [1.165, 1.54) is 97.1 Å². The second-order valence-electron chi connectivity index (χ2n) is 10.6. The van der Waals surface area contributed by atoms with Crippen LogP contribution in [0.15, 0.2) is 121 Å². The van der Waals surface area contributed by atoms with Gasteiger partial charge in [-0.25, -0.2) is 19.2 Å². The van der Waals surface area contributed by atoms with E-state index in [0.717, 1.165) is 0 Å². The number of hydrogen-bond donors (Lipinski definition) is 0. The first-order valence-electron chi connectivity index (χ1n) is 14.7. The summed E-state index contributed by atoms with van der Waals surface area (Å²) in [4.78, 5) is 102. The average Bonchev–Trinajstić information content (AvgIpc) is 3.16. The Kier molecular flexibility index (Phi) is 12.1. The minimum Gasteiger partial charge on any atom is -0.459 e. The van der Waals surface area contributed by atoms with Crippen molar-refractivity contribution in [3.8, 4) is 0 Å². The van der Waals surface area contributed by atoms with Gasteiger partial charge in [-0.3, -0.25) is 19.2 Å². The average molecular weight is 665 g/mol. The van der Waals surface area contributed by atoms with Crippen LogP contribution in [0.4, 0.5) is 0 Å². The summed E-state index contributed by atoms with van der Waals surface area (Å²) in [6.45, 7) is -3.62. The molecule has 0 spiro atoms. The standard InChI is InChI=1S/C37H28O12/c38-29(25-13-5-1-6-14-25)33(42)46-21-37(22-47-34(43)30(39)26-15-7-2-8-16-26,23-48-35(44)31(40)27-17-9-3-10-18-27)24-49-36(45)32(41)28-19-11-4-12-20-28/h1-20H,21-24H2. The van der Waals surface area contributed by atoms with Gasteiger partial charge in [0.2, 0.25) is 0 Å². The molecule has 0 aliphatic carbocycles. The zero-order chi connectivity index (χ0) is 35.2. The van der Waals surface area contributed by atoms with Gasteiger partial charge in [-0.15, -0.1) is 0 Å². The fourth-order valence-electron chi connectivity index (χ4n) is 4.22. The smallest absolute Gasteiger partial charge is 0.379 e. The van der Waals surface area contributed by atoms with Gasteiger partial charge in [0.05, 0.1) is 0 Å². The van der Waals surface area contributed by atoms with Gasteiger partial charge in [-0.2, -0.15) is 0 Å². The van der Waals surface area contributed by atoms with Crippen molar-refractivity contribution >= 4 is 47.0 Å². The zero-order valence-corrected chi connectivity index (χ0v) is 25.8. The molecular formula is C37H28O12. The highest BCUT2D eigenvalue weighted by Crippen LogP contribution is 2.23. The SMILES string of the molecule is O=C(OCC(COC(=O)C(=O)c1ccccc1)(COC(=O)C(=O)c1ccccc1)COC(=O)C(=O)c1ccccc1)C(=O)c1ccccc1. The van der Waals surface area contributed by atoms with Crippen molar-refractivity contribution in [1.29, 1.82) is 0 Å². The summed E-state index contributed by atoms with van der Waals surface area (Å²) < 4.78 is 21.0. The first-order chi connectivity index (χ1) is 23.6. The van der Waals surface area contributed by atoms with E-state index >= 15 is 0 Å². The van der Waals surface area contributed by atoms with Crippen molar-refractivity contribution in [3.05, 3.63) is 144 Å². The van der Waals surface area contributed by atoms with E-state index in [4.69, 9.17) is 18.9 Å². The summed E-state index contributed by atoms with van der Waals surface area (Å²) in [5.74, 6) is -9.73. The maximum atomic E-state index is 12.8. The highest BCUT2D eigenvalue weighted by atomic mass is 16.6. The molecule has 0 aliphatic heterocycles. The summed E-state index contributed by atoms with van der Waals surface area (Å²) in [6.07, 6.45) is 0. The monoisotopic (exact) mass is 664 g/mol. The fourth-order valence-corrected chi connectivity index (χ4v) is 4.22. The Morgan fingerprint density at radius 1 is 0.327 bits per heavy atom. The van der Waals surface area contributed by atoms with Crippen LogP contribution in [0.2, 0.25) is 0 Å². The van der Waals surface area contributed by atoms with Crippen LogP contribution in [0.25, 0.3) is 0 Å². The Bertz CT molecular complexity index is 1560. The summed E-state index contributed by atoms with van der Waals surface area (Å²) >= 11 is 0. The zero-order valence-electron chi connectivity index (χ0n) is 25.8. The molecule has 0 aromatic heterocycles. The molecule has 0 bridgehead atoms. The van der Waals surface area contributed by atoms with Crippen molar-refractivity contribution in [2.24, 2.45) is 5.41 Å². The number of Topliss-reactive ketones (excluding diaryl/α,β-unsaturated/α-hetero) is 4. The maximum absolute atomic E-state index is 12.8. The van der Waals surface area contributed by atoms with Crippen LogP contribution in [-0.2, 0) is 38.1 Å². The highest BCUT2D eigenvalue weighted by Gasteiger charge is 2.40. The Morgan fingerprint density at radius 2 is 0.510 bits per heavy atom. The Hall–Kier alpha value is -6.56. The van der Waals surface area contributed by atoms with Gasteiger partial charge in [0.15, 0.2) is 0 Å². The number of hydrogen-bond acceptors (Lipinski definition) is 12. The van der Waals surface area contributed by atoms with Crippen LogP contribution in [0.3, 0.4) is 0 Å². The summed E-state index contributed by atoms with van der Waals surface area (Å²) in [5, 5.41) is 0. The maximum Gasteiger partial charge on any atom is 0.379 e.